The summed E-state index contributed by atoms with van der Waals surface area (Å²) in [6.45, 7) is 7.61. The average Bonchev–Trinajstić information content (AvgIpc) is 2.48. The van der Waals surface area contributed by atoms with Crippen molar-refractivity contribution in [2.24, 2.45) is 5.73 Å². The van der Waals surface area contributed by atoms with E-state index in [1.165, 1.54) is 43.6 Å². The van der Waals surface area contributed by atoms with Gasteiger partial charge in [-0.2, -0.15) is 0 Å². The minimum absolute atomic E-state index is 0.631. The maximum atomic E-state index is 5.63. The van der Waals surface area contributed by atoms with E-state index in [1.54, 1.807) is 0 Å². The highest BCUT2D eigenvalue weighted by Crippen LogP contribution is 2.17. The molecule has 2 rings (SSSR count). The van der Waals surface area contributed by atoms with Crippen LogP contribution in [-0.4, -0.2) is 42.5 Å². The van der Waals surface area contributed by atoms with Gasteiger partial charge in [-0.25, -0.2) is 0 Å². The summed E-state index contributed by atoms with van der Waals surface area (Å²) in [5, 5.41) is 0. The number of nitrogens with zero attached hydrogens (tertiary/aromatic N) is 2. The van der Waals surface area contributed by atoms with Gasteiger partial charge in [-0.15, -0.1) is 0 Å². The molecule has 1 heterocycles. The van der Waals surface area contributed by atoms with E-state index < -0.39 is 0 Å². The molecule has 1 fully saturated rings. The Labute approximate surface area is 117 Å². The van der Waals surface area contributed by atoms with Gasteiger partial charge in [0.2, 0.25) is 0 Å². The van der Waals surface area contributed by atoms with E-state index in [9.17, 15) is 0 Å². The first kappa shape index (κ1) is 14.5. The van der Waals surface area contributed by atoms with Crippen molar-refractivity contribution in [3.8, 4) is 0 Å². The number of rotatable bonds is 5. The fourth-order valence-corrected chi connectivity index (χ4v) is 2.87. The molecule has 19 heavy (non-hydrogen) atoms. The van der Waals surface area contributed by atoms with Crippen molar-refractivity contribution >= 4 is 0 Å². The minimum atomic E-state index is 0.631. The summed E-state index contributed by atoms with van der Waals surface area (Å²) in [7, 11) is 2.25. The van der Waals surface area contributed by atoms with Gasteiger partial charge in [0.05, 0.1) is 0 Å². The molecular weight excluding hydrogens is 234 g/mol. The maximum absolute atomic E-state index is 5.63. The summed E-state index contributed by atoms with van der Waals surface area (Å²) in [6.07, 6.45) is 2.59. The van der Waals surface area contributed by atoms with Crippen LogP contribution >= 0.6 is 0 Å². The Balaban J connectivity index is 1.84. The lowest BCUT2D eigenvalue weighted by Gasteiger charge is -2.36. The molecule has 1 saturated heterocycles. The Morgan fingerprint density at radius 3 is 2.26 bits per heavy atom. The number of hydrogen-bond acceptors (Lipinski definition) is 3. The summed E-state index contributed by atoms with van der Waals surface area (Å²) >= 11 is 0. The third kappa shape index (κ3) is 4.03. The zero-order valence-electron chi connectivity index (χ0n) is 12.3. The molecule has 0 aliphatic carbocycles. The minimum Gasteiger partial charge on any atom is -0.326 e. The van der Waals surface area contributed by atoms with Crippen LogP contribution in [0.15, 0.2) is 24.3 Å². The standard InChI is InChI=1S/C16H27N3/c1-3-19-10-8-16(9-11-19)18(2)13-15-6-4-14(12-17)5-7-15/h4-7,16H,3,8-13,17H2,1-2H3. The van der Waals surface area contributed by atoms with Crippen LogP contribution in [0.2, 0.25) is 0 Å². The number of nitrogens with two attached hydrogens (primary N) is 1. The average molecular weight is 261 g/mol. The van der Waals surface area contributed by atoms with Gasteiger partial charge < -0.3 is 10.6 Å². The second-order valence-electron chi connectivity index (χ2n) is 5.60. The van der Waals surface area contributed by atoms with Crippen LogP contribution in [0.1, 0.15) is 30.9 Å². The Bertz CT molecular complexity index is 366. The summed E-state index contributed by atoms with van der Waals surface area (Å²) in [4.78, 5) is 5.05. The van der Waals surface area contributed by atoms with Crippen LogP contribution in [-0.2, 0) is 13.1 Å². The van der Waals surface area contributed by atoms with E-state index in [-0.39, 0.29) is 0 Å². The molecule has 1 aromatic rings. The van der Waals surface area contributed by atoms with Crippen molar-refractivity contribution in [3.63, 3.8) is 0 Å². The van der Waals surface area contributed by atoms with E-state index >= 15 is 0 Å². The van der Waals surface area contributed by atoms with Crippen molar-refractivity contribution in [1.29, 1.82) is 0 Å². The van der Waals surface area contributed by atoms with Gasteiger partial charge in [0.1, 0.15) is 0 Å². The fourth-order valence-electron chi connectivity index (χ4n) is 2.87. The summed E-state index contributed by atoms with van der Waals surface area (Å²) in [6, 6.07) is 9.43. The molecule has 0 saturated carbocycles. The van der Waals surface area contributed by atoms with Gasteiger partial charge >= 0.3 is 0 Å². The van der Waals surface area contributed by atoms with Gasteiger partial charge in [0, 0.05) is 19.1 Å². The molecule has 1 aromatic carbocycles. The number of hydrogen-bond donors (Lipinski definition) is 1. The number of likely N-dealkylation sites (tertiary alicyclic amines) is 1. The van der Waals surface area contributed by atoms with Crippen LogP contribution in [0.3, 0.4) is 0 Å². The van der Waals surface area contributed by atoms with Gasteiger partial charge in [0.25, 0.3) is 0 Å². The zero-order chi connectivity index (χ0) is 13.7. The van der Waals surface area contributed by atoms with E-state index in [1.807, 2.05) is 0 Å². The first-order chi connectivity index (χ1) is 9.22. The first-order valence-electron chi connectivity index (χ1n) is 7.43. The van der Waals surface area contributed by atoms with Crippen LogP contribution in [0.4, 0.5) is 0 Å². The smallest absolute Gasteiger partial charge is 0.0233 e. The molecule has 1 aliphatic heterocycles. The largest absolute Gasteiger partial charge is 0.326 e. The lowest BCUT2D eigenvalue weighted by Crippen LogP contribution is -2.42. The van der Waals surface area contributed by atoms with Crippen LogP contribution < -0.4 is 5.73 Å². The van der Waals surface area contributed by atoms with Gasteiger partial charge in [-0.05, 0) is 50.7 Å². The summed E-state index contributed by atoms with van der Waals surface area (Å²) < 4.78 is 0. The lowest BCUT2D eigenvalue weighted by molar-refractivity contribution is 0.127. The Morgan fingerprint density at radius 1 is 1.16 bits per heavy atom. The third-order valence-corrected chi connectivity index (χ3v) is 4.32. The van der Waals surface area contributed by atoms with Crippen molar-refractivity contribution < 1.29 is 0 Å². The van der Waals surface area contributed by atoms with Gasteiger partial charge in [-0.1, -0.05) is 31.2 Å². The van der Waals surface area contributed by atoms with E-state index in [0.717, 1.165) is 12.6 Å². The molecule has 0 spiro atoms. The maximum Gasteiger partial charge on any atom is 0.0233 e. The second-order valence-corrected chi connectivity index (χ2v) is 5.60. The normalized spacial score (nSPS) is 18.1. The zero-order valence-corrected chi connectivity index (χ0v) is 12.3. The predicted octanol–water partition coefficient (Wildman–Crippen LogP) is 2.06. The highest BCUT2D eigenvalue weighted by Gasteiger charge is 2.21. The highest BCUT2D eigenvalue weighted by atomic mass is 15.2. The molecule has 1 aliphatic rings. The van der Waals surface area contributed by atoms with Crippen LogP contribution in [0, 0.1) is 0 Å². The van der Waals surface area contributed by atoms with Crippen molar-refractivity contribution in [2.45, 2.75) is 38.9 Å². The van der Waals surface area contributed by atoms with Gasteiger partial charge in [0.15, 0.2) is 0 Å². The molecular formula is C16H27N3. The van der Waals surface area contributed by atoms with Crippen LogP contribution in [0.5, 0.6) is 0 Å². The quantitative estimate of drug-likeness (QED) is 0.880. The van der Waals surface area contributed by atoms with Gasteiger partial charge in [-0.3, -0.25) is 4.90 Å². The van der Waals surface area contributed by atoms with E-state index in [0.29, 0.717) is 6.54 Å². The molecule has 0 amide bonds. The summed E-state index contributed by atoms with van der Waals surface area (Å²) in [5.41, 5.74) is 8.23. The molecule has 0 atom stereocenters. The molecule has 0 bridgehead atoms. The topological polar surface area (TPSA) is 32.5 Å². The molecule has 0 unspecified atom stereocenters. The molecule has 0 radical (unpaired) electrons. The molecule has 3 nitrogen and oxygen atoms in total. The predicted molar refractivity (Wildman–Crippen MR) is 80.9 cm³/mol. The number of benzene rings is 1. The fraction of sp³-hybridized carbons (Fsp3) is 0.625. The summed E-state index contributed by atoms with van der Waals surface area (Å²) in [5.74, 6) is 0. The van der Waals surface area contributed by atoms with E-state index in [2.05, 4.69) is 48.0 Å². The Morgan fingerprint density at radius 2 is 1.74 bits per heavy atom. The highest BCUT2D eigenvalue weighted by molar-refractivity contribution is 5.22. The molecule has 106 valence electrons. The third-order valence-electron chi connectivity index (χ3n) is 4.32. The SMILES string of the molecule is CCN1CCC(N(C)Cc2ccc(CN)cc2)CC1. The first-order valence-corrected chi connectivity index (χ1v) is 7.43. The second kappa shape index (κ2) is 7.04. The molecule has 3 heteroatoms. The van der Waals surface area contributed by atoms with Crippen molar-refractivity contribution in [1.82, 2.24) is 9.80 Å². The Kier molecular flexibility index (Phi) is 5.37. The van der Waals surface area contributed by atoms with E-state index in [4.69, 9.17) is 5.73 Å². The molecule has 2 N–H and O–H groups in total. The van der Waals surface area contributed by atoms with Crippen molar-refractivity contribution in [2.75, 3.05) is 26.7 Å². The van der Waals surface area contributed by atoms with Crippen molar-refractivity contribution in [3.05, 3.63) is 35.4 Å². The monoisotopic (exact) mass is 261 g/mol. The molecule has 0 aromatic heterocycles. The number of piperidine rings is 1. The Hall–Kier alpha value is -0.900. The lowest BCUT2D eigenvalue weighted by atomic mass is 10.0. The van der Waals surface area contributed by atoms with Crippen LogP contribution in [0.25, 0.3) is 0 Å².